The van der Waals surface area contributed by atoms with E-state index >= 15 is 0 Å². The molecule has 1 aromatic carbocycles. The summed E-state index contributed by atoms with van der Waals surface area (Å²) in [7, 11) is 0. The smallest absolute Gasteiger partial charge is 0.281 e. The number of carbonyl (C=O) groups is 1. The van der Waals surface area contributed by atoms with Crippen molar-refractivity contribution in [1.29, 1.82) is 0 Å². The minimum atomic E-state index is -0.419. The summed E-state index contributed by atoms with van der Waals surface area (Å²) < 4.78 is 4.40. The predicted molar refractivity (Wildman–Crippen MR) is 67.1 cm³/mol. The van der Waals surface area contributed by atoms with E-state index in [-0.39, 0.29) is 11.5 Å². The maximum Gasteiger partial charge on any atom is 0.281 e. The highest BCUT2D eigenvalue weighted by Crippen LogP contribution is 2.18. The second-order valence-corrected chi connectivity index (χ2v) is 3.86. The molecule has 0 radical (unpaired) electrons. The Hall–Kier alpha value is -2.37. The zero-order chi connectivity index (χ0) is 13.0. The number of amides is 1. The van der Waals surface area contributed by atoms with Crippen LogP contribution in [0.4, 0.5) is 11.5 Å². The monoisotopic (exact) mass is 246 g/mol. The van der Waals surface area contributed by atoms with Crippen molar-refractivity contribution < 1.29 is 9.42 Å². The van der Waals surface area contributed by atoms with Gasteiger partial charge in [0.25, 0.3) is 5.91 Å². The fourth-order valence-electron chi connectivity index (χ4n) is 1.66. The molecule has 0 aliphatic heterocycles. The zero-order valence-electron chi connectivity index (χ0n) is 10.0. The Bertz CT molecular complexity index is 551. The molecule has 0 saturated heterocycles. The van der Waals surface area contributed by atoms with Crippen LogP contribution in [0.3, 0.4) is 0 Å². The van der Waals surface area contributed by atoms with Crippen LogP contribution in [0.25, 0.3) is 0 Å². The van der Waals surface area contributed by atoms with Gasteiger partial charge < -0.3 is 11.1 Å². The Balaban J connectivity index is 2.19. The average molecular weight is 246 g/mol. The normalized spacial score (nSPS) is 10.3. The number of nitrogens with two attached hydrogens (primary N) is 1. The number of benzene rings is 1. The molecule has 0 saturated carbocycles. The number of carbonyl (C=O) groups excluding carboxylic acids is 1. The van der Waals surface area contributed by atoms with Gasteiger partial charge in [0.1, 0.15) is 0 Å². The van der Waals surface area contributed by atoms with Crippen molar-refractivity contribution in [3.63, 3.8) is 0 Å². The molecule has 0 bridgehead atoms. The van der Waals surface area contributed by atoms with Gasteiger partial charge in [-0.1, -0.05) is 31.5 Å². The van der Waals surface area contributed by atoms with Crippen molar-refractivity contribution in [1.82, 2.24) is 10.3 Å². The topological polar surface area (TPSA) is 94.0 Å². The van der Waals surface area contributed by atoms with Gasteiger partial charge in [0.15, 0.2) is 0 Å². The van der Waals surface area contributed by atoms with Gasteiger partial charge in [-0.3, -0.25) is 4.79 Å². The second kappa shape index (κ2) is 5.31. The first kappa shape index (κ1) is 12.1. The van der Waals surface area contributed by atoms with Crippen LogP contribution in [0.1, 0.15) is 29.4 Å². The second-order valence-electron chi connectivity index (χ2n) is 3.86. The first-order valence-corrected chi connectivity index (χ1v) is 5.69. The molecule has 3 N–H and O–H groups in total. The summed E-state index contributed by atoms with van der Waals surface area (Å²) >= 11 is 0. The summed E-state index contributed by atoms with van der Waals surface area (Å²) in [5.74, 6) is -0.433. The molecule has 2 rings (SSSR count). The van der Waals surface area contributed by atoms with Crippen LogP contribution in [-0.4, -0.2) is 16.2 Å². The number of nitrogen functional groups attached to an aromatic ring is 1. The molecule has 0 fully saturated rings. The summed E-state index contributed by atoms with van der Waals surface area (Å²) in [6.07, 6.45) is 1.89. The minimum absolute atomic E-state index is 0.00121. The molecule has 94 valence electrons. The molecule has 2 aromatic rings. The quantitative estimate of drug-likeness (QED) is 0.858. The van der Waals surface area contributed by atoms with Gasteiger partial charge in [-0.05, 0) is 28.4 Å². The zero-order valence-corrected chi connectivity index (χ0v) is 10.0. The summed E-state index contributed by atoms with van der Waals surface area (Å²) in [5.41, 5.74) is 7.29. The van der Waals surface area contributed by atoms with E-state index in [1.807, 2.05) is 24.3 Å². The Labute approximate surface area is 104 Å². The Morgan fingerprint density at radius 1 is 1.39 bits per heavy atom. The van der Waals surface area contributed by atoms with Gasteiger partial charge in [-0.25, -0.2) is 4.63 Å². The number of hydrogen-bond donors (Lipinski definition) is 2. The molecule has 0 aliphatic carbocycles. The fraction of sp³-hybridized carbons (Fsp3) is 0.250. The van der Waals surface area contributed by atoms with Gasteiger partial charge in [0.2, 0.25) is 11.5 Å². The first-order chi connectivity index (χ1) is 8.72. The standard InChI is InChI=1S/C12H14N4O2/c1-2-5-8-6-3-4-7-9(8)14-12(17)10-11(13)16-18-15-10/h3-4,6-7H,2,5H2,1H3,(H2,13,16)(H,14,17). The predicted octanol–water partition coefficient (Wildman–Crippen LogP) is 1.86. The van der Waals surface area contributed by atoms with Crippen molar-refractivity contribution in [3.8, 4) is 0 Å². The van der Waals surface area contributed by atoms with Gasteiger partial charge >= 0.3 is 0 Å². The average Bonchev–Trinajstić information content (AvgIpc) is 2.78. The molecule has 1 aromatic heterocycles. The van der Waals surface area contributed by atoms with Crippen molar-refractivity contribution >= 4 is 17.4 Å². The van der Waals surface area contributed by atoms with E-state index in [9.17, 15) is 4.79 Å². The van der Waals surface area contributed by atoms with E-state index in [2.05, 4.69) is 27.2 Å². The van der Waals surface area contributed by atoms with Gasteiger partial charge in [-0.2, -0.15) is 0 Å². The molecule has 0 unspecified atom stereocenters. The largest absolute Gasteiger partial charge is 0.379 e. The van der Waals surface area contributed by atoms with Gasteiger partial charge in [0, 0.05) is 5.69 Å². The van der Waals surface area contributed by atoms with Crippen LogP contribution in [0.5, 0.6) is 0 Å². The van der Waals surface area contributed by atoms with E-state index in [1.54, 1.807) is 0 Å². The van der Waals surface area contributed by atoms with E-state index in [0.717, 1.165) is 24.1 Å². The van der Waals surface area contributed by atoms with Gasteiger partial charge in [-0.15, -0.1) is 0 Å². The molecule has 0 spiro atoms. The minimum Gasteiger partial charge on any atom is -0.379 e. The maximum absolute atomic E-state index is 11.9. The third kappa shape index (κ3) is 2.48. The highest BCUT2D eigenvalue weighted by molar-refractivity contribution is 6.05. The number of para-hydroxylation sites is 1. The number of hydrogen-bond acceptors (Lipinski definition) is 5. The number of anilines is 2. The first-order valence-electron chi connectivity index (χ1n) is 5.69. The summed E-state index contributed by atoms with van der Waals surface area (Å²) in [5, 5.41) is 9.59. The van der Waals surface area contributed by atoms with Crippen LogP contribution in [0, 0.1) is 0 Å². The molecule has 0 atom stereocenters. The summed E-state index contributed by atoms with van der Waals surface area (Å²) in [6.45, 7) is 2.08. The molecule has 18 heavy (non-hydrogen) atoms. The fourth-order valence-corrected chi connectivity index (χ4v) is 1.66. The van der Waals surface area contributed by atoms with Crippen molar-refractivity contribution in [2.75, 3.05) is 11.1 Å². The Morgan fingerprint density at radius 2 is 2.17 bits per heavy atom. The van der Waals surface area contributed by atoms with E-state index < -0.39 is 5.91 Å². The van der Waals surface area contributed by atoms with Crippen LogP contribution in [-0.2, 0) is 6.42 Å². The van der Waals surface area contributed by atoms with Crippen LogP contribution >= 0.6 is 0 Å². The van der Waals surface area contributed by atoms with Crippen LogP contribution in [0.15, 0.2) is 28.9 Å². The lowest BCUT2D eigenvalue weighted by Crippen LogP contribution is -2.15. The maximum atomic E-state index is 11.9. The van der Waals surface area contributed by atoms with Gasteiger partial charge in [0.05, 0.1) is 0 Å². The number of aromatic nitrogens is 2. The molecule has 1 heterocycles. The SMILES string of the molecule is CCCc1ccccc1NC(=O)c1nonc1N. The highest BCUT2D eigenvalue weighted by Gasteiger charge is 2.16. The summed E-state index contributed by atoms with van der Waals surface area (Å²) in [6, 6.07) is 7.61. The Kier molecular flexibility index (Phi) is 3.57. The highest BCUT2D eigenvalue weighted by atomic mass is 16.6. The molecule has 0 aliphatic rings. The molecular formula is C12H14N4O2. The lowest BCUT2D eigenvalue weighted by molar-refractivity contribution is 0.101. The van der Waals surface area contributed by atoms with Crippen molar-refractivity contribution in [3.05, 3.63) is 35.5 Å². The third-order valence-electron chi connectivity index (χ3n) is 2.51. The Morgan fingerprint density at radius 3 is 2.83 bits per heavy atom. The van der Waals surface area contributed by atoms with E-state index in [0.29, 0.717) is 0 Å². The number of rotatable bonds is 4. The lowest BCUT2D eigenvalue weighted by Gasteiger charge is -2.08. The van der Waals surface area contributed by atoms with E-state index in [4.69, 9.17) is 5.73 Å². The van der Waals surface area contributed by atoms with Crippen LogP contribution in [0.2, 0.25) is 0 Å². The third-order valence-corrected chi connectivity index (χ3v) is 2.51. The number of nitrogens with zero attached hydrogens (tertiary/aromatic N) is 2. The molecule has 6 heteroatoms. The summed E-state index contributed by atoms with van der Waals surface area (Å²) in [4.78, 5) is 11.9. The van der Waals surface area contributed by atoms with Crippen LogP contribution < -0.4 is 11.1 Å². The molecule has 1 amide bonds. The number of nitrogens with one attached hydrogen (secondary N) is 1. The van der Waals surface area contributed by atoms with Crippen molar-refractivity contribution in [2.45, 2.75) is 19.8 Å². The molecule has 6 nitrogen and oxygen atoms in total. The lowest BCUT2D eigenvalue weighted by atomic mass is 10.1. The number of aryl methyl sites for hydroxylation is 1. The van der Waals surface area contributed by atoms with E-state index in [1.165, 1.54) is 0 Å². The van der Waals surface area contributed by atoms with Crippen molar-refractivity contribution in [2.24, 2.45) is 0 Å². The molecular weight excluding hydrogens is 232 g/mol.